The second-order valence-corrected chi connectivity index (χ2v) is 4.52. The summed E-state index contributed by atoms with van der Waals surface area (Å²) in [6.07, 6.45) is 3.41. The summed E-state index contributed by atoms with van der Waals surface area (Å²) in [5.74, 6) is 0.826. The van der Waals surface area contributed by atoms with Crippen molar-refractivity contribution in [3.8, 4) is 5.75 Å². The van der Waals surface area contributed by atoms with Gasteiger partial charge in [-0.2, -0.15) is 0 Å². The Balaban J connectivity index is 2.07. The average Bonchev–Trinajstić information content (AvgIpc) is 2.53. The molecule has 0 saturated carbocycles. The fourth-order valence-corrected chi connectivity index (χ4v) is 1.89. The van der Waals surface area contributed by atoms with Crippen molar-refractivity contribution in [2.45, 2.75) is 6.82 Å². The van der Waals surface area contributed by atoms with Gasteiger partial charge >= 0.3 is 0 Å². The third kappa shape index (κ3) is 3.61. The number of ketones is 1. The van der Waals surface area contributed by atoms with E-state index in [1.54, 1.807) is 13.2 Å². The summed E-state index contributed by atoms with van der Waals surface area (Å²) < 4.78 is 5.09. The number of benzene rings is 2. The number of allylic oxidation sites excluding steroid dienone is 1. The van der Waals surface area contributed by atoms with Gasteiger partial charge in [-0.1, -0.05) is 54.8 Å². The molecule has 0 fully saturated rings. The lowest BCUT2D eigenvalue weighted by molar-refractivity contribution is 0.104. The zero-order valence-electron chi connectivity index (χ0n) is 11.8. The Kier molecular flexibility index (Phi) is 4.77. The first kappa shape index (κ1) is 14.1. The summed E-state index contributed by atoms with van der Waals surface area (Å²) in [5, 5.41) is 0. The average molecular weight is 264 g/mol. The van der Waals surface area contributed by atoms with Crippen LogP contribution in [0, 0.1) is 0 Å². The molecule has 0 amide bonds. The van der Waals surface area contributed by atoms with Crippen molar-refractivity contribution in [3.63, 3.8) is 0 Å². The Hall–Kier alpha value is -2.29. The first-order chi connectivity index (χ1) is 9.72. The molecule has 0 saturated heterocycles. The second-order valence-electron chi connectivity index (χ2n) is 4.52. The predicted molar refractivity (Wildman–Crippen MR) is 85.4 cm³/mol. The van der Waals surface area contributed by atoms with Crippen LogP contribution in [-0.4, -0.2) is 20.2 Å². The Labute approximate surface area is 120 Å². The van der Waals surface area contributed by atoms with Gasteiger partial charge in [0.25, 0.3) is 0 Å². The molecule has 2 aromatic carbocycles. The fourth-order valence-electron chi connectivity index (χ4n) is 1.89. The molecule has 0 aliphatic carbocycles. The van der Waals surface area contributed by atoms with E-state index in [2.05, 4.69) is 6.82 Å². The van der Waals surface area contributed by atoms with E-state index in [0.717, 1.165) is 18.6 Å². The monoisotopic (exact) mass is 264 g/mol. The van der Waals surface area contributed by atoms with E-state index >= 15 is 0 Å². The molecule has 0 heterocycles. The van der Waals surface area contributed by atoms with Crippen LogP contribution in [0.1, 0.15) is 15.9 Å². The van der Waals surface area contributed by atoms with E-state index in [1.165, 1.54) is 5.46 Å². The van der Waals surface area contributed by atoms with Gasteiger partial charge in [0.05, 0.1) is 7.11 Å². The summed E-state index contributed by atoms with van der Waals surface area (Å²) in [4.78, 5) is 12.0. The molecule has 2 rings (SSSR count). The van der Waals surface area contributed by atoms with Crippen LogP contribution in [-0.2, 0) is 0 Å². The lowest BCUT2D eigenvalue weighted by atomic mass is 9.73. The minimum atomic E-state index is 0.0171. The molecule has 0 aliphatic rings. The summed E-state index contributed by atoms with van der Waals surface area (Å²) in [6, 6.07) is 15.3. The van der Waals surface area contributed by atoms with Crippen LogP contribution in [0.2, 0.25) is 6.82 Å². The smallest absolute Gasteiger partial charge is 0.185 e. The molecule has 0 atom stereocenters. The molecule has 100 valence electrons. The topological polar surface area (TPSA) is 26.3 Å². The van der Waals surface area contributed by atoms with Gasteiger partial charge in [0.1, 0.15) is 5.75 Å². The van der Waals surface area contributed by atoms with Gasteiger partial charge < -0.3 is 4.74 Å². The summed E-state index contributed by atoms with van der Waals surface area (Å²) in [6.45, 7) is 2.10. The molecular formula is C17H17BO2. The molecule has 2 aromatic rings. The number of rotatable bonds is 5. The van der Waals surface area contributed by atoms with Crippen molar-refractivity contribution in [1.29, 1.82) is 0 Å². The normalized spacial score (nSPS) is 10.5. The maximum absolute atomic E-state index is 12.0. The number of hydrogen-bond acceptors (Lipinski definition) is 2. The quantitative estimate of drug-likeness (QED) is 0.471. The first-order valence-corrected chi connectivity index (χ1v) is 6.68. The Morgan fingerprint density at radius 1 is 1.05 bits per heavy atom. The minimum Gasteiger partial charge on any atom is -0.497 e. The summed E-state index contributed by atoms with van der Waals surface area (Å²) in [5.41, 5.74) is 2.93. The molecule has 0 bridgehead atoms. The van der Waals surface area contributed by atoms with E-state index in [-0.39, 0.29) is 5.78 Å². The number of carbonyl (C=O) groups is 1. The molecule has 3 heteroatoms. The van der Waals surface area contributed by atoms with E-state index in [0.29, 0.717) is 5.56 Å². The van der Waals surface area contributed by atoms with Crippen molar-refractivity contribution in [2.75, 3.05) is 7.11 Å². The number of hydrogen-bond donors (Lipinski definition) is 0. The molecule has 0 radical (unpaired) electrons. The molecular weight excluding hydrogens is 247 g/mol. The maximum Gasteiger partial charge on any atom is 0.185 e. The molecule has 0 aromatic heterocycles. The van der Waals surface area contributed by atoms with E-state index in [9.17, 15) is 4.79 Å². The lowest BCUT2D eigenvalue weighted by Crippen LogP contribution is -2.10. The van der Waals surface area contributed by atoms with Crippen LogP contribution >= 0.6 is 0 Å². The Morgan fingerprint density at radius 2 is 1.70 bits per heavy atom. The van der Waals surface area contributed by atoms with Crippen molar-refractivity contribution < 1.29 is 9.53 Å². The molecule has 0 unspecified atom stereocenters. The fraction of sp³-hybridized carbons (Fsp3) is 0.118. The van der Waals surface area contributed by atoms with Gasteiger partial charge in [-0.3, -0.25) is 4.79 Å². The van der Waals surface area contributed by atoms with Crippen molar-refractivity contribution in [1.82, 2.24) is 0 Å². The zero-order chi connectivity index (χ0) is 14.4. The van der Waals surface area contributed by atoms with E-state index in [1.807, 2.05) is 54.6 Å². The molecule has 0 aliphatic heterocycles. The molecule has 0 spiro atoms. The van der Waals surface area contributed by atoms with E-state index in [4.69, 9.17) is 4.74 Å². The highest BCUT2D eigenvalue weighted by Gasteiger charge is 2.01. The first-order valence-electron chi connectivity index (χ1n) is 6.68. The van der Waals surface area contributed by atoms with Crippen LogP contribution in [0.25, 0.3) is 6.08 Å². The summed E-state index contributed by atoms with van der Waals surface area (Å²) >= 11 is 0. The SMILES string of the molecule is CBc1ccc(C(=O)/C=C/c2ccc(OC)cc2)cc1. The zero-order valence-corrected chi connectivity index (χ0v) is 11.8. The van der Waals surface area contributed by atoms with Crippen LogP contribution < -0.4 is 10.2 Å². The maximum atomic E-state index is 12.0. The Morgan fingerprint density at radius 3 is 2.25 bits per heavy atom. The third-order valence-corrected chi connectivity index (χ3v) is 3.19. The highest BCUT2D eigenvalue weighted by Crippen LogP contribution is 2.12. The number of carbonyl (C=O) groups excluding carboxylic acids is 1. The van der Waals surface area contributed by atoms with Crippen molar-refractivity contribution in [2.24, 2.45) is 0 Å². The molecule has 20 heavy (non-hydrogen) atoms. The van der Waals surface area contributed by atoms with Gasteiger partial charge in [-0.05, 0) is 23.8 Å². The van der Waals surface area contributed by atoms with Gasteiger partial charge in [0, 0.05) is 5.56 Å². The molecule has 2 nitrogen and oxygen atoms in total. The molecule has 0 N–H and O–H groups in total. The van der Waals surface area contributed by atoms with Gasteiger partial charge in [0.15, 0.2) is 13.1 Å². The Bertz CT molecular complexity index is 598. The van der Waals surface area contributed by atoms with Crippen LogP contribution in [0.4, 0.5) is 0 Å². The van der Waals surface area contributed by atoms with Crippen LogP contribution in [0.5, 0.6) is 5.75 Å². The van der Waals surface area contributed by atoms with Gasteiger partial charge in [-0.15, -0.1) is 0 Å². The number of ether oxygens (including phenoxy) is 1. The van der Waals surface area contributed by atoms with E-state index < -0.39 is 0 Å². The number of methoxy groups -OCH3 is 1. The minimum absolute atomic E-state index is 0.0171. The second kappa shape index (κ2) is 6.76. The third-order valence-electron chi connectivity index (χ3n) is 3.19. The highest BCUT2D eigenvalue weighted by atomic mass is 16.5. The van der Waals surface area contributed by atoms with Crippen LogP contribution in [0.15, 0.2) is 54.6 Å². The van der Waals surface area contributed by atoms with Crippen LogP contribution in [0.3, 0.4) is 0 Å². The van der Waals surface area contributed by atoms with Crippen molar-refractivity contribution >= 4 is 24.6 Å². The lowest BCUT2D eigenvalue weighted by Gasteiger charge is -2.00. The summed E-state index contributed by atoms with van der Waals surface area (Å²) in [7, 11) is 2.62. The highest BCUT2D eigenvalue weighted by molar-refractivity contribution is 6.51. The largest absolute Gasteiger partial charge is 0.497 e. The predicted octanol–water partition coefficient (Wildman–Crippen LogP) is 2.70. The van der Waals surface area contributed by atoms with Crippen molar-refractivity contribution in [3.05, 3.63) is 65.7 Å². The van der Waals surface area contributed by atoms with Gasteiger partial charge in [-0.25, -0.2) is 0 Å². The standard InChI is InChI=1S/C17H17BO2/c1-18-15-8-6-14(7-9-15)17(19)12-5-13-3-10-16(20-2)11-4-13/h3-12,18H,1-2H3/b12-5+. The van der Waals surface area contributed by atoms with Gasteiger partial charge in [0.2, 0.25) is 0 Å².